The first-order valence-electron chi connectivity index (χ1n) is 11.0. The van der Waals surface area contributed by atoms with Crippen molar-refractivity contribution >= 4 is 29.9 Å². The van der Waals surface area contributed by atoms with Crippen molar-refractivity contribution in [1.29, 1.82) is 0 Å². The van der Waals surface area contributed by atoms with E-state index in [4.69, 9.17) is 9.47 Å². The molecule has 2 N–H and O–H groups in total. The molecule has 1 aromatic rings. The molecule has 0 radical (unpaired) electrons. The fraction of sp³-hybridized carbons (Fsp3) is 0.696. The largest absolute Gasteiger partial charge is 0.497 e. The predicted octanol–water partition coefficient (Wildman–Crippen LogP) is 3.43. The van der Waals surface area contributed by atoms with Gasteiger partial charge in [0.2, 0.25) is 0 Å². The van der Waals surface area contributed by atoms with E-state index in [-0.39, 0.29) is 29.4 Å². The molecule has 4 rings (SSSR count). The van der Waals surface area contributed by atoms with Gasteiger partial charge in [0.1, 0.15) is 5.75 Å². The highest BCUT2D eigenvalue weighted by molar-refractivity contribution is 14.0. The van der Waals surface area contributed by atoms with Crippen LogP contribution in [0.25, 0.3) is 0 Å². The summed E-state index contributed by atoms with van der Waals surface area (Å²) >= 11 is 0. The lowest BCUT2D eigenvalue weighted by Crippen LogP contribution is -2.68. The topological polar surface area (TPSA) is 58.1 Å². The third-order valence-corrected chi connectivity index (χ3v) is 7.14. The molecule has 3 aliphatic rings. The third kappa shape index (κ3) is 4.58. The molecule has 4 unspecified atom stereocenters. The molecule has 30 heavy (non-hydrogen) atoms. The standard InChI is InChI=1S/C23H36N4O2.HI/c1-23(2)20(18-10-13-29-21(18)23)26-22(24-3)25-15-19(27-11-5-6-12-27)16-8-7-9-17(14-16)28-4;/h7-9,14,18-21H,5-6,10-13,15H2,1-4H3,(H2,24,25,26);1H. The Balaban J connectivity index is 0.00000256. The number of fused-ring (bicyclic) bond motifs is 1. The summed E-state index contributed by atoms with van der Waals surface area (Å²) in [6.45, 7) is 8.60. The van der Waals surface area contributed by atoms with Crippen molar-refractivity contribution in [2.75, 3.05) is 40.4 Å². The van der Waals surface area contributed by atoms with E-state index >= 15 is 0 Å². The van der Waals surface area contributed by atoms with Gasteiger partial charge in [0.25, 0.3) is 0 Å². The Bertz CT molecular complexity index is 736. The minimum Gasteiger partial charge on any atom is -0.497 e. The van der Waals surface area contributed by atoms with Gasteiger partial charge in [0.15, 0.2) is 5.96 Å². The SMILES string of the molecule is CN=C(NCC(c1cccc(OC)c1)N1CCCC1)NC1C2CCOC2C1(C)C.I. The number of guanidine groups is 1. The first-order chi connectivity index (χ1) is 14.0. The van der Waals surface area contributed by atoms with Crippen LogP contribution in [0.15, 0.2) is 29.3 Å². The zero-order valence-corrected chi connectivity index (χ0v) is 21.0. The fourth-order valence-electron chi connectivity index (χ4n) is 5.51. The highest BCUT2D eigenvalue weighted by atomic mass is 127. The van der Waals surface area contributed by atoms with Crippen LogP contribution in [0.2, 0.25) is 0 Å². The third-order valence-electron chi connectivity index (χ3n) is 7.14. The second-order valence-corrected chi connectivity index (χ2v) is 9.18. The number of nitrogens with zero attached hydrogens (tertiary/aromatic N) is 2. The van der Waals surface area contributed by atoms with E-state index in [1.54, 1.807) is 7.11 Å². The Hall–Kier alpha value is -1.06. The molecule has 2 saturated heterocycles. The van der Waals surface area contributed by atoms with Crippen LogP contribution in [0.4, 0.5) is 0 Å². The first kappa shape index (κ1) is 23.6. The van der Waals surface area contributed by atoms with Crippen LogP contribution >= 0.6 is 24.0 Å². The molecule has 1 aromatic carbocycles. The molecule has 6 nitrogen and oxygen atoms in total. The quantitative estimate of drug-likeness (QED) is 0.337. The average Bonchev–Trinajstić information content (AvgIpc) is 3.42. The number of aliphatic imine (C=N–C) groups is 1. The maximum atomic E-state index is 5.94. The van der Waals surface area contributed by atoms with Gasteiger partial charge in [0.05, 0.1) is 19.3 Å². The van der Waals surface area contributed by atoms with Gasteiger partial charge in [-0.2, -0.15) is 0 Å². The number of hydrogen-bond donors (Lipinski definition) is 2. The Morgan fingerprint density at radius 2 is 2.10 bits per heavy atom. The van der Waals surface area contributed by atoms with Gasteiger partial charge in [0, 0.05) is 37.6 Å². The van der Waals surface area contributed by atoms with Gasteiger partial charge < -0.3 is 20.1 Å². The average molecular weight is 528 g/mol. The lowest BCUT2D eigenvalue weighted by Gasteiger charge is -2.55. The van der Waals surface area contributed by atoms with Gasteiger partial charge in [-0.25, -0.2) is 0 Å². The maximum Gasteiger partial charge on any atom is 0.191 e. The lowest BCUT2D eigenvalue weighted by atomic mass is 9.57. The van der Waals surface area contributed by atoms with Crippen molar-refractivity contribution in [3.63, 3.8) is 0 Å². The second-order valence-electron chi connectivity index (χ2n) is 9.18. The number of rotatable bonds is 6. The Labute approximate surface area is 198 Å². The van der Waals surface area contributed by atoms with Crippen LogP contribution in [0.5, 0.6) is 5.75 Å². The van der Waals surface area contributed by atoms with Crippen LogP contribution in [-0.4, -0.2) is 63.4 Å². The van der Waals surface area contributed by atoms with Gasteiger partial charge in [-0.3, -0.25) is 9.89 Å². The second kappa shape index (κ2) is 10.0. The molecule has 7 heteroatoms. The fourth-order valence-corrected chi connectivity index (χ4v) is 5.51. The van der Waals surface area contributed by atoms with Gasteiger partial charge in [-0.1, -0.05) is 26.0 Å². The molecule has 3 fully saturated rings. The zero-order valence-electron chi connectivity index (χ0n) is 18.7. The van der Waals surface area contributed by atoms with E-state index in [1.165, 1.54) is 18.4 Å². The van der Waals surface area contributed by atoms with Crippen molar-refractivity contribution in [2.45, 2.75) is 51.3 Å². The number of benzene rings is 1. The number of halogens is 1. The molecule has 1 saturated carbocycles. The highest BCUT2D eigenvalue weighted by Gasteiger charge is 2.59. The van der Waals surface area contributed by atoms with E-state index < -0.39 is 0 Å². The predicted molar refractivity (Wildman–Crippen MR) is 132 cm³/mol. The van der Waals surface area contributed by atoms with Crippen LogP contribution in [0.3, 0.4) is 0 Å². The van der Waals surface area contributed by atoms with E-state index in [0.717, 1.165) is 44.4 Å². The Morgan fingerprint density at radius 1 is 1.33 bits per heavy atom. The van der Waals surface area contributed by atoms with Crippen LogP contribution in [0, 0.1) is 11.3 Å². The number of ether oxygens (including phenoxy) is 2. The molecule has 0 spiro atoms. The molecule has 0 bridgehead atoms. The smallest absolute Gasteiger partial charge is 0.191 e. The molecule has 2 aliphatic heterocycles. The molecule has 4 atom stereocenters. The molecular weight excluding hydrogens is 491 g/mol. The molecule has 1 aliphatic carbocycles. The summed E-state index contributed by atoms with van der Waals surface area (Å²) < 4.78 is 11.4. The summed E-state index contributed by atoms with van der Waals surface area (Å²) in [5.41, 5.74) is 1.43. The van der Waals surface area contributed by atoms with Gasteiger partial charge in [-0.15, -0.1) is 24.0 Å². The number of hydrogen-bond acceptors (Lipinski definition) is 4. The van der Waals surface area contributed by atoms with E-state index in [2.05, 4.69) is 52.6 Å². The Morgan fingerprint density at radius 3 is 2.80 bits per heavy atom. The van der Waals surface area contributed by atoms with Gasteiger partial charge >= 0.3 is 0 Å². The van der Waals surface area contributed by atoms with Crippen LogP contribution in [0.1, 0.15) is 44.7 Å². The summed E-state index contributed by atoms with van der Waals surface area (Å²) in [5.74, 6) is 2.40. The molecule has 0 amide bonds. The Kier molecular flexibility index (Phi) is 7.90. The van der Waals surface area contributed by atoms with E-state index in [0.29, 0.717) is 24.1 Å². The first-order valence-corrected chi connectivity index (χ1v) is 11.0. The lowest BCUT2D eigenvalue weighted by molar-refractivity contribution is -0.106. The van der Waals surface area contributed by atoms with E-state index in [1.807, 2.05) is 13.1 Å². The summed E-state index contributed by atoms with van der Waals surface area (Å²) in [4.78, 5) is 7.10. The zero-order chi connectivity index (χ0) is 20.4. The van der Waals surface area contributed by atoms with Crippen molar-refractivity contribution < 1.29 is 9.47 Å². The monoisotopic (exact) mass is 528 g/mol. The van der Waals surface area contributed by atoms with Crippen LogP contribution in [-0.2, 0) is 4.74 Å². The van der Waals surface area contributed by atoms with Crippen molar-refractivity contribution in [1.82, 2.24) is 15.5 Å². The maximum absolute atomic E-state index is 5.94. The minimum atomic E-state index is 0. The molecule has 0 aromatic heterocycles. The van der Waals surface area contributed by atoms with Crippen molar-refractivity contribution in [3.05, 3.63) is 29.8 Å². The molecular formula is C23H37IN4O2. The van der Waals surface area contributed by atoms with Crippen molar-refractivity contribution in [3.8, 4) is 5.75 Å². The molecule has 168 valence electrons. The molecule has 2 heterocycles. The van der Waals surface area contributed by atoms with E-state index in [9.17, 15) is 0 Å². The summed E-state index contributed by atoms with van der Waals surface area (Å²) in [6, 6.07) is 9.18. The normalized spacial score (nSPS) is 28.8. The number of likely N-dealkylation sites (tertiary alicyclic amines) is 1. The highest BCUT2D eigenvalue weighted by Crippen LogP contribution is 2.52. The van der Waals surface area contributed by atoms with Crippen LogP contribution < -0.4 is 15.4 Å². The van der Waals surface area contributed by atoms with Gasteiger partial charge in [-0.05, 0) is 50.0 Å². The number of methoxy groups -OCH3 is 1. The summed E-state index contributed by atoms with van der Waals surface area (Å²) in [7, 11) is 3.59. The number of nitrogens with one attached hydrogen (secondary N) is 2. The summed E-state index contributed by atoms with van der Waals surface area (Å²) in [6.07, 6.45) is 4.06. The summed E-state index contributed by atoms with van der Waals surface area (Å²) in [5, 5.41) is 7.32. The minimum absolute atomic E-state index is 0. The van der Waals surface area contributed by atoms with Crippen molar-refractivity contribution in [2.24, 2.45) is 16.3 Å².